The third kappa shape index (κ3) is 4.57. The molecule has 0 saturated heterocycles. The molecule has 1 atom stereocenters. The Labute approximate surface area is 149 Å². The predicted octanol–water partition coefficient (Wildman–Crippen LogP) is 2.75. The highest BCUT2D eigenvalue weighted by atomic mass is 35.5. The molecule has 25 heavy (non-hydrogen) atoms. The summed E-state index contributed by atoms with van der Waals surface area (Å²) < 4.78 is 44.9. The molecule has 136 valence electrons. The lowest BCUT2D eigenvalue weighted by molar-refractivity contribution is -0.772. The van der Waals surface area contributed by atoms with Crippen LogP contribution in [-0.2, 0) is 18.0 Å². The first kappa shape index (κ1) is 19.4. The number of aromatic nitrogens is 2. The Morgan fingerprint density at radius 1 is 1.52 bits per heavy atom. The van der Waals surface area contributed by atoms with Gasteiger partial charge in [-0.15, -0.1) is 0 Å². The highest BCUT2D eigenvalue weighted by Crippen LogP contribution is 2.37. The molecule has 0 bridgehead atoms. The molecule has 2 rings (SSSR count). The van der Waals surface area contributed by atoms with Crippen LogP contribution in [0.15, 0.2) is 27.7 Å². The first-order chi connectivity index (χ1) is 11.6. The van der Waals surface area contributed by atoms with Gasteiger partial charge in [-0.3, -0.25) is 4.79 Å². The maximum atomic E-state index is 13.1. The summed E-state index contributed by atoms with van der Waals surface area (Å²) in [5.41, 5.74) is -1.45. The number of carbonyl (C=O) groups is 1. The Morgan fingerprint density at radius 2 is 2.20 bits per heavy atom. The lowest BCUT2D eigenvalue weighted by Gasteiger charge is -2.17. The average Bonchev–Trinajstić information content (AvgIpc) is 2.84. The number of hydrogen-bond acceptors (Lipinski definition) is 5. The van der Waals surface area contributed by atoms with Crippen molar-refractivity contribution < 1.29 is 32.3 Å². The molecule has 1 amide bonds. The molecular formula is C14H13ClF3N3O3S. The van der Waals surface area contributed by atoms with Gasteiger partial charge in [-0.1, -0.05) is 23.2 Å². The van der Waals surface area contributed by atoms with Gasteiger partial charge in [-0.25, -0.2) is 0 Å². The molecule has 0 saturated carbocycles. The van der Waals surface area contributed by atoms with Crippen LogP contribution in [-0.4, -0.2) is 16.4 Å². The molecule has 0 aliphatic carbocycles. The maximum absolute atomic E-state index is 13.1. The van der Waals surface area contributed by atoms with Gasteiger partial charge in [0.15, 0.2) is 13.0 Å². The molecule has 1 aromatic heterocycles. The van der Waals surface area contributed by atoms with E-state index in [0.717, 1.165) is 28.6 Å². The number of rotatable bonds is 5. The van der Waals surface area contributed by atoms with Crippen LogP contribution in [0, 0.1) is 0 Å². The molecule has 6 nitrogen and oxygen atoms in total. The van der Waals surface area contributed by atoms with Gasteiger partial charge in [-0.05, 0) is 36.4 Å². The second kappa shape index (κ2) is 7.52. The van der Waals surface area contributed by atoms with E-state index in [-0.39, 0.29) is 16.5 Å². The fourth-order valence-corrected chi connectivity index (χ4v) is 3.05. The van der Waals surface area contributed by atoms with E-state index in [1.54, 1.807) is 6.92 Å². The highest BCUT2D eigenvalue weighted by Gasteiger charge is 2.35. The highest BCUT2D eigenvalue weighted by molar-refractivity contribution is 8.00. The molecule has 1 unspecified atom stereocenters. The number of halogens is 4. The molecular weight excluding hydrogens is 383 g/mol. The number of hydrogen-bond donors (Lipinski definition) is 1. The minimum atomic E-state index is -4.68. The van der Waals surface area contributed by atoms with Crippen LogP contribution in [0.2, 0.25) is 5.02 Å². The second-order valence-electron chi connectivity index (χ2n) is 4.98. The van der Waals surface area contributed by atoms with Crippen molar-refractivity contribution in [2.45, 2.75) is 29.8 Å². The summed E-state index contributed by atoms with van der Waals surface area (Å²) in [5, 5.41) is 16.4. The summed E-state index contributed by atoms with van der Waals surface area (Å²) in [6.45, 7) is 1.67. The van der Waals surface area contributed by atoms with Crippen molar-refractivity contribution in [2.75, 3.05) is 5.32 Å². The van der Waals surface area contributed by atoms with Gasteiger partial charge < -0.3 is 14.9 Å². The zero-order chi connectivity index (χ0) is 18.8. The maximum Gasteiger partial charge on any atom is 0.418 e. The number of aryl methyl sites for hydroxylation is 1. The van der Waals surface area contributed by atoms with E-state index < -0.39 is 34.5 Å². The summed E-state index contributed by atoms with van der Waals surface area (Å²) in [6, 6.07) is 3.07. The number of nitrogens with zero attached hydrogens (tertiary/aromatic N) is 2. The van der Waals surface area contributed by atoms with Gasteiger partial charge in [-0.2, -0.15) is 13.2 Å². The third-order valence-electron chi connectivity index (χ3n) is 3.18. The number of thioether (sulfide) groups is 1. The molecule has 0 aliphatic rings. The quantitative estimate of drug-likeness (QED) is 0.622. The number of anilines is 1. The van der Waals surface area contributed by atoms with Crippen molar-refractivity contribution in [1.29, 1.82) is 0 Å². The van der Waals surface area contributed by atoms with Crippen LogP contribution < -0.4 is 15.1 Å². The van der Waals surface area contributed by atoms with Gasteiger partial charge in [0, 0.05) is 5.02 Å². The molecule has 0 aliphatic heterocycles. The van der Waals surface area contributed by atoms with Crippen molar-refractivity contribution in [3.8, 4) is 5.95 Å². The fraction of sp³-hybridized carbons (Fsp3) is 0.357. The molecule has 0 spiro atoms. The van der Waals surface area contributed by atoms with Crippen LogP contribution in [0.4, 0.5) is 18.9 Å². The first-order valence-electron chi connectivity index (χ1n) is 7.00. The Kier molecular flexibility index (Phi) is 5.83. The van der Waals surface area contributed by atoms with Crippen LogP contribution in [0.5, 0.6) is 5.95 Å². The minimum Gasteiger partial charge on any atom is -0.538 e. The molecule has 1 N–H and O–H groups in total. The molecule has 1 heterocycles. The minimum absolute atomic E-state index is 0.0779. The van der Waals surface area contributed by atoms with Crippen molar-refractivity contribution in [2.24, 2.45) is 7.05 Å². The van der Waals surface area contributed by atoms with Crippen molar-refractivity contribution >= 4 is 35.0 Å². The van der Waals surface area contributed by atoms with E-state index in [1.165, 1.54) is 13.1 Å². The van der Waals surface area contributed by atoms with Gasteiger partial charge in [0.1, 0.15) is 0 Å². The van der Waals surface area contributed by atoms with Gasteiger partial charge in [0.25, 0.3) is 5.03 Å². The Balaban J connectivity index is 2.23. The smallest absolute Gasteiger partial charge is 0.418 e. The Morgan fingerprint density at radius 3 is 2.72 bits per heavy atom. The van der Waals surface area contributed by atoms with E-state index in [2.05, 4.69) is 15.1 Å². The molecule has 0 radical (unpaired) electrons. The largest absolute Gasteiger partial charge is 0.538 e. The lowest BCUT2D eigenvalue weighted by atomic mass is 10.1. The number of carbonyl (C=O) groups excluding carboxylic acids is 1. The topological polar surface area (TPSA) is 82.1 Å². The summed E-state index contributed by atoms with van der Waals surface area (Å²) in [5.74, 6) is -1.40. The normalized spacial score (nSPS) is 12.9. The first-order valence-corrected chi connectivity index (χ1v) is 8.26. The lowest BCUT2D eigenvalue weighted by Crippen LogP contribution is -2.34. The van der Waals surface area contributed by atoms with E-state index in [4.69, 9.17) is 11.6 Å². The summed E-state index contributed by atoms with van der Waals surface area (Å²) >= 11 is 6.47. The van der Waals surface area contributed by atoms with Crippen molar-refractivity contribution in [3.63, 3.8) is 0 Å². The van der Waals surface area contributed by atoms with Gasteiger partial charge in [0.05, 0.1) is 21.8 Å². The Hall–Kier alpha value is -1.94. The van der Waals surface area contributed by atoms with Crippen LogP contribution in [0.3, 0.4) is 0 Å². The van der Waals surface area contributed by atoms with E-state index in [9.17, 15) is 23.1 Å². The van der Waals surface area contributed by atoms with Crippen molar-refractivity contribution in [1.82, 2.24) is 5.27 Å². The van der Waals surface area contributed by atoms with E-state index in [0.29, 0.717) is 0 Å². The van der Waals surface area contributed by atoms with Crippen LogP contribution >= 0.6 is 23.4 Å². The zero-order valence-corrected chi connectivity index (χ0v) is 14.6. The summed E-state index contributed by atoms with van der Waals surface area (Å²) in [6.07, 6.45) is -4.40. The Bertz CT molecular complexity index is 763. The number of amides is 1. The van der Waals surface area contributed by atoms with E-state index >= 15 is 0 Å². The monoisotopic (exact) mass is 395 g/mol. The van der Waals surface area contributed by atoms with Gasteiger partial charge in [0.2, 0.25) is 5.91 Å². The number of nitrogens with one attached hydrogen (secondary N) is 1. The average molecular weight is 396 g/mol. The fourth-order valence-electron chi connectivity index (χ4n) is 1.96. The van der Waals surface area contributed by atoms with Crippen molar-refractivity contribution in [3.05, 3.63) is 28.8 Å². The van der Waals surface area contributed by atoms with Crippen LogP contribution in [0.1, 0.15) is 18.9 Å². The SMILES string of the molecule is CCC(Sc1c([O-])on[n+]1C)C(=O)Nc1ccc(Cl)cc1C(F)(F)F. The third-order valence-corrected chi connectivity index (χ3v) is 4.90. The summed E-state index contributed by atoms with van der Waals surface area (Å²) in [7, 11) is 1.46. The molecule has 2 aromatic rings. The number of benzene rings is 1. The summed E-state index contributed by atoms with van der Waals surface area (Å²) in [4.78, 5) is 12.4. The molecule has 11 heteroatoms. The molecule has 0 fully saturated rings. The standard InChI is InChI=1S/C14H13ClF3N3O3S/c1-3-10(25-12-13(23)24-20-21(12)2)11(22)19-9-5-4-7(15)6-8(9)14(16,17)18/h4-6,10H,3H2,1-2H3,(H-,19,20,22,23). The molecule has 1 aromatic carbocycles. The number of alkyl halides is 3. The van der Waals surface area contributed by atoms with Gasteiger partial charge >= 0.3 is 6.18 Å². The second-order valence-corrected chi connectivity index (χ2v) is 6.61. The van der Waals surface area contributed by atoms with E-state index in [1.807, 2.05) is 0 Å². The van der Waals surface area contributed by atoms with Crippen LogP contribution in [0.25, 0.3) is 0 Å². The predicted molar refractivity (Wildman–Crippen MR) is 82.1 cm³/mol. The zero-order valence-electron chi connectivity index (χ0n) is 13.1.